The van der Waals surface area contributed by atoms with Crippen LogP contribution in [0.5, 0.6) is 0 Å². The molecule has 2 fully saturated rings. The number of methoxy groups -OCH3 is 2. The maximum absolute atomic E-state index is 14.6. The second kappa shape index (κ2) is 22.1. The number of thiazole rings is 2. The van der Waals surface area contributed by atoms with Gasteiger partial charge in [0.15, 0.2) is 11.1 Å². The van der Waals surface area contributed by atoms with Crippen molar-refractivity contribution in [1.82, 2.24) is 20.1 Å². The third kappa shape index (κ3) is 11.4. The third-order valence-electron chi connectivity index (χ3n) is 12.7. The minimum absolute atomic E-state index is 0.0983. The lowest BCUT2D eigenvalue weighted by atomic mass is 9.86. The lowest BCUT2D eigenvalue weighted by molar-refractivity contribution is -1.10. The fourth-order valence-corrected chi connectivity index (χ4v) is 10.4. The minimum Gasteiger partial charge on any atom is -0.467 e. The Balaban J connectivity index is 1.26. The van der Waals surface area contributed by atoms with Gasteiger partial charge in [-0.3, -0.25) is 28.9 Å². The van der Waals surface area contributed by atoms with E-state index in [-0.39, 0.29) is 89.3 Å². The van der Waals surface area contributed by atoms with Gasteiger partial charge in [-0.2, -0.15) is 0 Å². The van der Waals surface area contributed by atoms with E-state index in [1.54, 1.807) is 23.2 Å². The molecule has 2 aromatic heterocycles. The number of nitrogens with zero attached hydrogens (tertiary/aromatic N) is 6. The molecule has 0 atom stereocenters. The Kier molecular flexibility index (Phi) is 16.8. The molecule has 2 amide bonds. The van der Waals surface area contributed by atoms with E-state index in [2.05, 4.69) is 9.97 Å². The molecule has 0 bridgehead atoms. The van der Waals surface area contributed by atoms with Gasteiger partial charge in [-0.25, -0.2) is 48.1 Å². The van der Waals surface area contributed by atoms with Crippen molar-refractivity contribution in [2.45, 2.75) is 90.5 Å². The molecule has 4 aromatic rings. The highest BCUT2D eigenvalue weighted by Crippen LogP contribution is 2.38. The summed E-state index contributed by atoms with van der Waals surface area (Å²) < 4.78 is 38.8. The lowest BCUT2D eigenvalue weighted by Crippen LogP contribution is -2.68. The predicted molar refractivity (Wildman–Crippen MR) is 238 cm³/mol. The van der Waals surface area contributed by atoms with Crippen LogP contribution in [0.25, 0.3) is 0 Å². The van der Waals surface area contributed by atoms with E-state index >= 15 is 0 Å². The summed E-state index contributed by atoms with van der Waals surface area (Å²) in [6, 6.07) is 11.7. The third-order valence-corrected chi connectivity index (χ3v) is 14.7. The van der Waals surface area contributed by atoms with Gasteiger partial charge >= 0.3 is 23.9 Å². The number of hydrogen-bond acceptors (Lipinski definition) is 16. The van der Waals surface area contributed by atoms with E-state index in [0.717, 1.165) is 31.3 Å². The van der Waals surface area contributed by atoms with Gasteiger partial charge < -0.3 is 9.47 Å². The zero-order valence-corrected chi connectivity index (χ0v) is 40.5. The topological polar surface area (TPSA) is 190 Å². The van der Waals surface area contributed by atoms with Crippen molar-refractivity contribution in [3.8, 4) is 0 Å². The van der Waals surface area contributed by atoms with Gasteiger partial charge in [0.05, 0.1) is 36.6 Å². The molecule has 68 heavy (non-hydrogen) atoms. The number of rotatable bonds is 18. The Morgan fingerprint density at radius 3 is 1.26 bits per heavy atom. The normalized spacial score (nSPS) is 22.4. The molecule has 18 nitrogen and oxygen atoms in total. The number of carbonyl (C=O) groups excluding carboxylic acids is 6. The van der Waals surface area contributed by atoms with Crippen molar-refractivity contribution in [2.75, 3.05) is 53.5 Å². The second-order valence-corrected chi connectivity index (χ2v) is 18.7. The van der Waals surface area contributed by atoms with Crippen molar-refractivity contribution in [3.05, 3.63) is 103 Å². The number of hydrogen-bond donors (Lipinski definition) is 0. The van der Waals surface area contributed by atoms with Crippen molar-refractivity contribution >= 4 is 58.4 Å². The maximum atomic E-state index is 14.6. The average molecular weight is 987 g/mol. The lowest BCUT2D eigenvalue weighted by Gasteiger charge is -2.47. The summed E-state index contributed by atoms with van der Waals surface area (Å²) in [7, 11) is 2.33. The molecule has 2 aliphatic heterocycles. The molecule has 2 aromatic carbocycles. The van der Waals surface area contributed by atoms with Crippen molar-refractivity contribution in [3.63, 3.8) is 0 Å². The highest BCUT2D eigenvalue weighted by Gasteiger charge is 2.59. The zero-order chi connectivity index (χ0) is 49.3. The van der Waals surface area contributed by atoms with Crippen LogP contribution in [0.4, 0.5) is 8.78 Å². The number of piperidine rings is 2. The number of benzene rings is 2. The molecule has 0 unspecified atom stereocenters. The highest BCUT2D eigenvalue weighted by atomic mass is 32.1. The Morgan fingerprint density at radius 2 is 0.971 bits per heavy atom. The molecule has 366 valence electrons. The standard InChI is InChI=1S/C46H56F2N6O12S2/c1-31-39(67-29-49-31)15-21-53(23-17-45(18-24-53,43(59)61-5)51(33(3)55)63-27-35-11-7-9-13-37(35)47)65-41(57)42(58)66-54(22-16-40-32(2)50-30-68-40)25-19-46(20-26-54,44(60)62-6)52(34(4)56)64-28-36-12-8-10-14-38(36)48/h7-14,29-30H,15-28H2,1-6H3/q+2. The van der Waals surface area contributed by atoms with E-state index in [4.69, 9.17) is 28.8 Å². The molecule has 0 N–H and O–H groups in total. The van der Waals surface area contributed by atoms with Gasteiger partial charge in [-0.1, -0.05) is 36.4 Å². The van der Waals surface area contributed by atoms with E-state index < -0.39 is 67.7 Å². The first kappa shape index (κ1) is 51.6. The van der Waals surface area contributed by atoms with Crippen molar-refractivity contribution in [2.24, 2.45) is 0 Å². The van der Waals surface area contributed by atoms with Crippen LogP contribution in [0, 0.1) is 25.5 Å². The number of halogens is 2. The quantitative estimate of drug-likeness (QED) is 0.0547. The number of carbonyl (C=O) groups is 6. The molecule has 4 heterocycles. The van der Waals surface area contributed by atoms with Gasteiger partial charge in [0.1, 0.15) is 64.1 Å². The van der Waals surface area contributed by atoms with Crippen molar-refractivity contribution < 1.29 is 75.7 Å². The molecular weight excluding hydrogens is 931 g/mol. The van der Waals surface area contributed by atoms with Crippen LogP contribution in [0.1, 0.15) is 71.8 Å². The molecule has 2 saturated heterocycles. The Bertz CT molecular complexity index is 2300. The van der Waals surface area contributed by atoms with Crippen LogP contribution in [-0.4, -0.2) is 130 Å². The Labute approximate surface area is 400 Å². The Morgan fingerprint density at radius 1 is 0.618 bits per heavy atom. The van der Waals surface area contributed by atoms with Gasteiger partial charge in [-0.15, -0.1) is 32.0 Å². The molecule has 6 rings (SSSR count). The van der Waals surface area contributed by atoms with Crippen LogP contribution in [0.15, 0.2) is 59.6 Å². The summed E-state index contributed by atoms with van der Waals surface area (Å²) in [5, 5.41) is 1.79. The molecule has 0 spiro atoms. The van der Waals surface area contributed by atoms with Gasteiger partial charge in [-0.05, 0) is 26.0 Å². The van der Waals surface area contributed by atoms with E-state index in [0.29, 0.717) is 12.8 Å². The summed E-state index contributed by atoms with van der Waals surface area (Å²) in [6.07, 6.45) is 0.0945. The largest absolute Gasteiger partial charge is 0.480 e. The number of aryl methyl sites for hydroxylation is 2. The second-order valence-electron chi connectivity index (χ2n) is 16.8. The molecule has 22 heteroatoms. The Hall–Kier alpha value is -5.78. The van der Waals surface area contributed by atoms with Gasteiger partial charge in [0.25, 0.3) is 0 Å². The van der Waals surface area contributed by atoms with E-state index in [9.17, 15) is 37.5 Å². The summed E-state index contributed by atoms with van der Waals surface area (Å²) >= 11 is 2.80. The number of amides is 2. The summed E-state index contributed by atoms with van der Waals surface area (Å²) in [5.74, 6) is -6.75. The SMILES string of the molecule is COC(=O)C1(N(OCc2ccccc2F)C(C)=O)CC[N+](CCc2scnc2C)(OC(=O)C(=O)O[N+]2(CCc3scnc3C)CCC(C(=O)OC)(N(OCc3ccccc3F)C(C)=O)CC2)CC1. The summed E-state index contributed by atoms with van der Waals surface area (Å²) in [4.78, 5) is 117. The summed E-state index contributed by atoms with van der Waals surface area (Å²) in [6.45, 7) is 5.19. The number of quaternary nitrogens is 2. The number of hydroxylamine groups is 10. The molecule has 0 aliphatic carbocycles. The number of aromatic nitrogens is 2. The number of ether oxygens (including phenoxy) is 2. The highest BCUT2D eigenvalue weighted by molar-refractivity contribution is 7.10. The fourth-order valence-electron chi connectivity index (χ4n) is 8.81. The van der Waals surface area contributed by atoms with Crippen LogP contribution in [0.2, 0.25) is 0 Å². The first-order valence-corrected chi connectivity index (χ1v) is 23.7. The van der Waals surface area contributed by atoms with Crippen LogP contribution < -0.4 is 0 Å². The predicted octanol–water partition coefficient (Wildman–Crippen LogP) is 5.20. The van der Waals surface area contributed by atoms with Crippen LogP contribution in [0.3, 0.4) is 0 Å². The summed E-state index contributed by atoms with van der Waals surface area (Å²) in [5.41, 5.74) is 1.73. The van der Waals surface area contributed by atoms with E-state index in [1.165, 1.54) is 87.1 Å². The molecule has 0 saturated carbocycles. The molecular formula is C46H56F2N6O12S2+2. The monoisotopic (exact) mass is 986 g/mol. The minimum atomic E-state index is -1.72. The van der Waals surface area contributed by atoms with E-state index in [1.807, 2.05) is 13.8 Å². The first-order valence-electron chi connectivity index (χ1n) is 21.9. The molecule has 2 aliphatic rings. The number of esters is 2. The van der Waals surface area contributed by atoms with Gasteiger partial charge in [0.2, 0.25) is 11.8 Å². The average Bonchev–Trinajstić information content (AvgIpc) is 3.95. The maximum Gasteiger partial charge on any atom is 0.480 e. The number of likely N-dealkylation sites (tertiary alicyclic amines) is 2. The smallest absolute Gasteiger partial charge is 0.467 e. The van der Waals surface area contributed by atoms with Crippen molar-refractivity contribution in [1.29, 1.82) is 0 Å². The van der Waals surface area contributed by atoms with Gasteiger partial charge in [0, 0.05) is 73.3 Å². The molecule has 0 radical (unpaired) electrons. The zero-order valence-electron chi connectivity index (χ0n) is 38.8. The van der Waals surface area contributed by atoms with Crippen LogP contribution in [-0.2, 0) is 83.6 Å². The first-order chi connectivity index (χ1) is 32.4. The van der Waals surface area contributed by atoms with Crippen LogP contribution >= 0.6 is 22.7 Å². The fraction of sp³-hybridized carbons (Fsp3) is 0.478.